The largest absolute Gasteiger partial charge is 0.480 e. The van der Waals surface area contributed by atoms with Gasteiger partial charge in [-0.05, 0) is 47.8 Å². The van der Waals surface area contributed by atoms with Gasteiger partial charge in [0, 0.05) is 11.3 Å². The van der Waals surface area contributed by atoms with Gasteiger partial charge in [-0.3, -0.25) is 4.79 Å². The molecule has 2 rings (SSSR count). The molecule has 1 saturated heterocycles. The van der Waals surface area contributed by atoms with E-state index in [9.17, 15) is 9.59 Å². The maximum atomic E-state index is 12.0. The molecule has 21 heavy (non-hydrogen) atoms. The van der Waals surface area contributed by atoms with Crippen molar-refractivity contribution >= 4 is 39.1 Å². The summed E-state index contributed by atoms with van der Waals surface area (Å²) in [5.74, 6) is -0.870. The van der Waals surface area contributed by atoms with Crippen LogP contribution < -0.4 is 0 Å². The molecule has 1 aliphatic heterocycles. The van der Waals surface area contributed by atoms with Gasteiger partial charge in [-0.2, -0.15) is 0 Å². The van der Waals surface area contributed by atoms with Crippen molar-refractivity contribution in [3.8, 4) is 0 Å². The number of aliphatic carboxylic acids is 1. The molecule has 1 aliphatic rings. The summed E-state index contributed by atoms with van der Waals surface area (Å²) in [6.45, 7) is 2.47. The minimum Gasteiger partial charge on any atom is -0.480 e. The number of likely N-dealkylation sites (tertiary alicyclic amines) is 1. The lowest BCUT2D eigenvalue weighted by atomic mass is 9.95. The van der Waals surface area contributed by atoms with E-state index in [1.165, 1.54) is 4.88 Å². The molecule has 1 aromatic heterocycles. The van der Waals surface area contributed by atoms with Gasteiger partial charge in [0.05, 0.1) is 16.9 Å². The van der Waals surface area contributed by atoms with Crippen LogP contribution in [0.2, 0.25) is 0 Å². The number of hydrogen-bond acceptors (Lipinski definition) is 4. The quantitative estimate of drug-likeness (QED) is 0.794. The Kier molecular flexibility index (Phi) is 5.40. The molecule has 2 heterocycles. The fourth-order valence-electron chi connectivity index (χ4n) is 2.32. The summed E-state index contributed by atoms with van der Waals surface area (Å²) >= 11 is 5.11. The number of carbonyl (C=O) groups is 2. The maximum absolute atomic E-state index is 12.0. The summed E-state index contributed by atoms with van der Waals surface area (Å²) in [6.07, 6.45) is 2.25. The van der Waals surface area contributed by atoms with Crippen LogP contribution in [0.25, 0.3) is 0 Å². The number of ether oxygens (including phenoxy) is 1. The Balaban J connectivity index is 1.65. The molecule has 1 amide bonds. The van der Waals surface area contributed by atoms with Crippen molar-refractivity contribution in [1.29, 1.82) is 0 Å². The molecule has 0 saturated carbocycles. The van der Waals surface area contributed by atoms with Crippen LogP contribution in [0.15, 0.2) is 15.9 Å². The fraction of sp³-hybridized carbons (Fsp3) is 0.571. The topological polar surface area (TPSA) is 66.8 Å². The first kappa shape index (κ1) is 16.5. The number of halogens is 1. The predicted octanol–water partition coefficient (Wildman–Crippen LogP) is 2.54. The molecular weight excluding hydrogens is 358 g/mol. The minimum absolute atomic E-state index is 0.113. The molecule has 1 N–H and O–H groups in total. The molecular formula is C14H18BrNO4S. The van der Waals surface area contributed by atoms with Crippen LogP contribution in [0.3, 0.4) is 0 Å². The van der Waals surface area contributed by atoms with Gasteiger partial charge in [-0.25, -0.2) is 4.79 Å². The van der Waals surface area contributed by atoms with Crippen LogP contribution in [0.5, 0.6) is 0 Å². The number of rotatable bonds is 7. The molecule has 1 aromatic rings. The lowest BCUT2D eigenvalue weighted by Gasteiger charge is -2.47. The number of aryl methyl sites for hydroxylation is 1. The first-order valence-electron chi connectivity index (χ1n) is 6.76. The SMILES string of the molecule is CC1(OCC(=O)O)CN(C(=O)CCCc2ccc(Br)s2)C1. The zero-order valence-corrected chi connectivity index (χ0v) is 14.2. The first-order chi connectivity index (χ1) is 9.88. The standard InChI is InChI=1S/C14H18BrNO4S/c1-14(20-7-13(18)19)8-16(9-14)12(17)4-2-3-10-5-6-11(15)21-10/h5-6H,2-4,7-9H2,1H3,(H,18,19). The number of hydrogen-bond donors (Lipinski definition) is 1. The van der Waals surface area contributed by atoms with Crippen molar-refractivity contribution in [2.45, 2.75) is 31.8 Å². The second-order valence-electron chi connectivity index (χ2n) is 5.44. The lowest BCUT2D eigenvalue weighted by molar-refractivity contribution is -0.173. The Bertz CT molecular complexity index is 525. The van der Waals surface area contributed by atoms with Gasteiger partial charge in [0.15, 0.2) is 0 Å². The highest BCUT2D eigenvalue weighted by atomic mass is 79.9. The van der Waals surface area contributed by atoms with E-state index in [-0.39, 0.29) is 12.5 Å². The maximum Gasteiger partial charge on any atom is 0.329 e. The highest BCUT2D eigenvalue weighted by molar-refractivity contribution is 9.11. The Hall–Kier alpha value is -0.920. The Morgan fingerprint density at radius 3 is 2.76 bits per heavy atom. The van der Waals surface area contributed by atoms with Crippen LogP contribution in [0, 0.1) is 0 Å². The number of carboxylic acid groups (broad SMARTS) is 1. The molecule has 1 fully saturated rings. The van der Waals surface area contributed by atoms with E-state index in [2.05, 4.69) is 22.0 Å². The van der Waals surface area contributed by atoms with E-state index in [1.54, 1.807) is 16.2 Å². The van der Waals surface area contributed by atoms with E-state index in [1.807, 2.05) is 13.0 Å². The van der Waals surface area contributed by atoms with E-state index in [0.717, 1.165) is 16.6 Å². The Morgan fingerprint density at radius 1 is 1.48 bits per heavy atom. The zero-order chi connectivity index (χ0) is 15.5. The van der Waals surface area contributed by atoms with Gasteiger partial charge in [0.25, 0.3) is 0 Å². The van der Waals surface area contributed by atoms with Crippen molar-refractivity contribution in [3.63, 3.8) is 0 Å². The summed E-state index contributed by atoms with van der Waals surface area (Å²) < 4.78 is 6.40. The van der Waals surface area contributed by atoms with E-state index in [4.69, 9.17) is 9.84 Å². The van der Waals surface area contributed by atoms with Gasteiger partial charge in [-0.15, -0.1) is 11.3 Å². The molecule has 0 radical (unpaired) electrons. The monoisotopic (exact) mass is 375 g/mol. The molecule has 0 bridgehead atoms. The average molecular weight is 376 g/mol. The van der Waals surface area contributed by atoms with Crippen LogP contribution >= 0.6 is 27.3 Å². The van der Waals surface area contributed by atoms with E-state index < -0.39 is 11.6 Å². The van der Waals surface area contributed by atoms with Gasteiger partial charge < -0.3 is 14.7 Å². The van der Waals surface area contributed by atoms with Gasteiger partial charge in [0.2, 0.25) is 5.91 Å². The third-order valence-electron chi connectivity index (χ3n) is 3.39. The van der Waals surface area contributed by atoms with Crippen LogP contribution in [-0.2, 0) is 20.7 Å². The molecule has 0 aliphatic carbocycles. The molecule has 0 aromatic carbocycles. The average Bonchev–Trinajstić information content (AvgIpc) is 2.78. The molecule has 116 valence electrons. The number of carbonyl (C=O) groups excluding carboxylic acids is 1. The second-order valence-corrected chi connectivity index (χ2v) is 7.99. The fourth-order valence-corrected chi connectivity index (χ4v) is 3.85. The number of thiophene rings is 1. The van der Waals surface area contributed by atoms with E-state index >= 15 is 0 Å². The van der Waals surface area contributed by atoms with Crippen LogP contribution in [-0.4, -0.2) is 47.2 Å². The Morgan fingerprint density at radius 2 is 2.19 bits per heavy atom. The third kappa shape index (κ3) is 4.79. The summed E-state index contributed by atoms with van der Waals surface area (Å²) in [4.78, 5) is 25.5. The van der Waals surface area contributed by atoms with E-state index in [0.29, 0.717) is 19.5 Å². The third-order valence-corrected chi connectivity index (χ3v) is 5.07. The van der Waals surface area contributed by atoms with Gasteiger partial charge in [0.1, 0.15) is 12.2 Å². The van der Waals surface area contributed by atoms with Crippen LogP contribution in [0.1, 0.15) is 24.6 Å². The molecule has 0 spiro atoms. The highest BCUT2D eigenvalue weighted by Gasteiger charge is 2.42. The van der Waals surface area contributed by atoms with Crippen molar-refractivity contribution in [3.05, 3.63) is 20.8 Å². The number of amides is 1. The zero-order valence-electron chi connectivity index (χ0n) is 11.8. The van der Waals surface area contributed by atoms with Crippen molar-refractivity contribution in [1.82, 2.24) is 4.90 Å². The lowest BCUT2D eigenvalue weighted by Crippen LogP contribution is -2.63. The number of nitrogens with zero attached hydrogens (tertiary/aromatic N) is 1. The van der Waals surface area contributed by atoms with Crippen LogP contribution in [0.4, 0.5) is 0 Å². The highest BCUT2D eigenvalue weighted by Crippen LogP contribution is 2.26. The van der Waals surface area contributed by atoms with Crippen molar-refractivity contribution < 1.29 is 19.4 Å². The summed E-state index contributed by atoms with van der Waals surface area (Å²) in [5, 5.41) is 8.59. The predicted molar refractivity (Wildman–Crippen MR) is 83.5 cm³/mol. The minimum atomic E-state index is -0.983. The smallest absolute Gasteiger partial charge is 0.329 e. The Labute approximate surface area is 136 Å². The first-order valence-corrected chi connectivity index (χ1v) is 8.37. The normalized spacial score (nSPS) is 16.6. The molecule has 7 heteroatoms. The summed E-state index contributed by atoms with van der Waals surface area (Å²) in [6, 6.07) is 4.09. The van der Waals surface area contributed by atoms with Crippen molar-refractivity contribution in [2.75, 3.05) is 19.7 Å². The van der Waals surface area contributed by atoms with Gasteiger partial charge >= 0.3 is 5.97 Å². The summed E-state index contributed by atoms with van der Waals surface area (Å²) in [5.41, 5.74) is -0.507. The molecule has 0 atom stereocenters. The summed E-state index contributed by atoms with van der Waals surface area (Å²) in [7, 11) is 0. The van der Waals surface area contributed by atoms with Crippen molar-refractivity contribution in [2.24, 2.45) is 0 Å². The number of carboxylic acids is 1. The molecule has 5 nitrogen and oxygen atoms in total. The van der Waals surface area contributed by atoms with Gasteiger partial charge in [-0.1, -0.05) is 0 Å². The molecule has 0 unspecified atom stereocenters. The second kappa shape index (κ2) is 6.89.